The number of benzene rings is 2. The van der Waals surface area contributed by atoms with Crippen LogP contribution < -0.4 is 10.4 Å². The molecule has 0 saturated heterocycles. The zero-order chi connectivity index (χ0) is 15.1. The van der Waals surface area contributed by atoms with Crippen molar-refractivity contribution in [3.8, 4) is 0 Å². The number of rotatable bonds is 2. The van der Waals surface area contributed by atoms with Crippen molar-refractivity contribution in [3.63, 3.8) is 0 Å². The number of hydrogen-bond acceptors (Lipinski definition) is 0. The Bertz CT molecular complexity index is 929. The maximum atomic E-state index is 2.41. The van der Waals surface area contributed by atoms with Gasteiger partial charge in [0.1, 0.15) is 0 Å². The van der Waals surface area contributed by atoms with E-state index in [2.05, 4.69) is 56.3 Å². The third-order valence-corrected chi connectivity index (χ3v) is 5.15. The van der Waals surface area contributed by atoms with Gasteiger partial charge in [0.25, 0.3) is 0 Å². The smallest absolute Gasteiger partial charge is 0.00791 e. The average Bonchev–Trinajstić information content (AvgIpc) is 2.54. The molecule has 0 amide bonds. The highest BCUT2D eigenvalue weighted by Gasteiger charge is 2.16. The summed E-state index contributed by atoms with van der Waals surface area (Å²) in [5.74, 6) is 0.754. The van der Waals surface area contributed by atoms with Crippen LogP contribution >= 0.6 is 0 Å². The van der Waals surface area contributed by atoms with E-state index in [0.29, 0.717) is 0 Å². The molecule has 0 atom stereocenters. The Hall–Kier alpha value is -1.82. The van der Waals surface area contributed by atoms with Gasteiger partial charge in [0.2, 0.25) is 0 Å². The SMILES string of the molecule is CC(C)CC1=c2ccc3c(c2CCC1)CC=c1ccccc1=3. The second kappa shape index (κ2) is 5.43. The van der Waals surface area contributed by atoms with E-state index < -0.39 is 0 Å². The molecule has 0 heteroatoms. The molecule has 0 aromatic heterocycles. The predicted octanol–water partition coefficient (Wildman–Crippen LogP) is 3.84. The summed E-state index contributed by atoms with van der Waals surface area (Å²) in [4.78, 5) is 0. The topological polar surface area (TPSA) is 0 Å². The molecular formula is C22H24. The van der Waals surface area contributed by atoms with Crippen LogP contribution in [0.5, 0.6) is 0 Å². The second-order valence-corrected chi connectivity index (χ2v) is 7.17. The summed E-state index contributed by atoms with van der Waals surface area (Å²) in [5, 5.41) is 5.87. The minimum absolute atomic E-state index is 0.754. The second-order valence-electron chi connectivity index (χ2n) is 7.17. The average molecular weight is 288 g/mol. The van der Waals surface area contributed by atoms with Crippen molar-refractivity contribution in [2.45, 2.75) is 46.0 Å². The zero-order valence-electron chi connectivity index (χ0n) is 13.7. The van der Waals surface area contributed by atoms with Gasteiger partial charge in [0.05, 0.1) is 0 Å². The van der Waals surface area contributed by atoms with Gasteiger partial charge in [-0.2, -0.15) is 0 Å². The first-order valence-corrected chi connectivity index (χ1v) is 8.66. The Labute approximate surface area is 132 Å². The Morgan fingerprint density at radius 2 is 1.68 bits per heavy atom. The van der Waals surface area contributed by atoms with Crippen molar-refractivity contribution in [1.29, 1.82) is 0 Å². The zero-order valence-corrected chi connectivity index (χ0v) is 13.7. The fourth-order valence-corrected chi connectivity index (χ4v) is 4.25. The van der Waals surface area contributed by atoms with Crippen LogP contribution in [0, 0.1) is 16.4 Å². The predicted molar refractivity (Wildman–Crippen MR) is 93.8 cm³/mol. The van der Waals surface area contributed by atoms with Crippen LogP contribution in [-0.4, -0.2) is 0 Å². The van der Waals surface area contributed by atoms with E-state index in [0.717, 1.165) is 12.3 Å². The minimum atomic E-state index is 0.754. The molecule has 0 heterocycles. The van der Waals surface area contributed by atoms with E-state index in [1.54, 1.807) is 21.9 Å². The van der Waals surface area contributed by atoms with Crippen LogP contribution in [-0.2, 0) is 12.8 Å². The van der Waals surface area contributed by atoms with E-state index in [1.165, 1.54) is 41.3 Å². The van der Waals surface area contributed by atoms with Crippen LogP contribution in [0.1, 0.15) is 44.2 Å². The molecule has 0 unspecified atom stereocenters. The van der Waals surface area contributed by atoms with Gasteiger partial charge in [-0.25, -0.2) is 0 Å². The van der Waals surface area contributed by atoms with Crippen LogP contribution in [0.25, 0.3) is 11.6 Å². The summed E-state index contributed by atoms with van der Waals surface area (Å²) in [5.41, 5.74) is 4.93. The third-order valence-electron chi connectivity index (χ3n) is 5.15. The van der Waals surface area contributed by atoms with Gasteiger partial charge in [0.15, 0.2) is 0 Å². The molecule has 0 spiro atoms. The largest absolute Gasteiger partial charge is 0.0722 e. The quantitative estimate of drug-likeness (QED) is 0.787. The first-order chi connectivity index (χ1) is 10.7. The van der Waals surface area contributed by atoms with Crippen molar-refractivity contribution in [2.75, 3.05) is 0 Å². The van der Waals surface area contributed by atoms with Gasteiger partial charge in [-0.15, -0.1) is 0 Å². The van der Waals surface area contributed by atoms with Gasteiger partial charge < -0.3 is 0 Å². The summed E-state index contributed by atoms with van der Waals surface area (Å²) < 4.78 is 0. The molecular weight excluding hydrogens is 264 g/mol. The van der Waals surface area contributed by atoms with Crippen LogP contribution in [0.15, 0.2) is 36.4 Å². The van der Waals surface area contributed by atoms with Crippen LogP contribution in [0.3, 0.4) is 0 Å². The molecule has 0 saturated carbocycles. The fourth-order valence-electron chi connectivity index (χ4n) is 4.25. The molecule has 112 valence electrons. The summed E-state index contributed by atoms with van der Waals surface area (Å²) in [7, 11) is 0. The minimum Gasteiger partial charge on any atom is -0.0722 e. The fraction of sp³-hybridized carbons (Fsp3) is 0.364. The summed E-state index contributed by atoms with van der Waals surface area (Å²) in [6.07, 6.45) is 8.65. The molecule has 2 aromatic rings. The highest BCUT2D eigenvalue weighted by Crippen LogP contribution is 2.24. The maximum Gasteiger partial charge on any atom is -0.00791 e. The first kappa shape index (κ1) is 13.8. The molecule has 4 rings (SSSR count). The first-order valence-electron chi connectivity index (χ1n) is 8.66. The Morgan fingerprint density at radius 3 is 2.55 bits per heavy atom. The molecule has 2 aliphatic rings. The van der Waals surface area contributed by atoms with E-state index in [-0.39, 0.29) is 0 Å². The van der Waals surface area contributed by atoms with Crippen molar-refractivity contribution >= 4 is 11.6 Å². The van der Waals surface area contributed by atoms with Gasteiger partial charge >= 0.3 is 0 Å². The van der Waals surface area contributed by atoms with Gasteiger partial charge in [-0.3, -0.25) is 0 Å². The van der Waals surface area contributed by atoms with Gasteiger partial charge in [-0.1, -0.05) is 61.9 Å². The normalized spacial score (nSPS) is 15.9. The van der Waals surface area contributed by atoms with Crippen molar-refractivity contribution < 1.29 is 0 Å². The van der Waals surface area contributed by atoms with Crippen LogP contribution in [0.4, 0.5) is 0 Å². The van der Waals surface area contributed by atoms with Gasteiger partial charge in [0, 0.05) is 0 Å². The maximum absolute atomic E-state index is 2.41. The highest BCUT2D eigenvalue weighted by molar-refractivity contribution is 5.54. The number of fused-ring (bicyclic) bond motifs is 4. The molecule has 0 radical (unpaired) electrons. The van der Waals surface area contributed by atoms with E-state index in [9.17, 15) is 0 Å². The molecule has 22 heavy (non-hydrogen) atoms. The monoisotopic (exact) mass is 288 g/mol. The highest BCUT2D eigenvalue weighted by atomic mass is 14.2. The molecule has 0 N–H and O–H groups in total. The van der Waals surface area contributed by atoms with Crippen molar-refractivity contribution in [3.05, 3.63) is 68.4 Å². The number of hydrogen-bond donors (Lipinski definition) is 0. The molecule has 0 fully saturated rings. The molecule has 2 aliphatic carbocycles. The van der Waals surface area contributed by atoms with Crippen molar-refractivity contribution in [1.82, 2.24) is 0 Å². The Kier molecular flexibility index (Phi) is 3.41. The van der Waals surface area contributed by atoms with Crippen molar-refractivity contribution in [2.24, 2.45) is 5.92 Å². The van der Waals surface area contributed by atoms with Gasteiger partial charge in [-0.05, 0) is 70.0 Å². The Balaban J connectivity index is 2.07. The lowest BCUT2D eigenvalue weighted by Crippen LogP contribution is -2.23. The molecule has 0 aliphatic heterocycles. The lowest BCUT2D eigenvalue weighted by Gasteiger charge is -2.21. The molecule has 2 aromatic carbocycles. The standard InChI is InChI=1S/C22H24/c1-15(2)14-17-7-5-9-20-19(17)12-13-21-18-8-4-3-6-16(18)10-11-22(20)21/h3-4,6,8,10,12-13,15H,5,7,9,11,14H2,1-2H3. The van der Waals surface area contributed by atoms with E-state index in [1.807, 2.05) is 0 Å². The summed E-state index contributed by atoms with van der Waals surface area (Å²) >= 11 is 0. The lowest BCUT2D eigenvalue weighted by molar-refractivity contribution is 0.646. The Morgan fingerprint density at radius 1 is 0.864 bits per heavy atom. The lowest BCUT2D eigenvalue weighted by atomic mass is 9.84. The molecule has 0 bridgehead atoms. The van der Waals surface area contributed by atoms with Crippen LogP contribution in [0.2, 0.25) is 0 Å². The van der Waals surface area contributed by atoms with E-state index in [4.69, 9.17) is 0 Å². The summed E-state index contributed by atoms with van der Waals surface area (Å²) in [6, 6.07) is 13.6. The van der Waals surface area contributed by atoms with E-state index >= 15 is 0 Å². The third kappa shape index (κ3) is 2.22. The summed E-state index contributed by atoms with van der Waals surface area (Å²) in [6.45, 7) is 4.67. The molecule has 0 nitrogen and oxygen atoms in total.